The second-order valence-corrected chi connectivity index (χ2v) is 4.11. The van der Waals surface area contributed by atoms with Gasteiger partial charge in [-0.15, -0.1) is 0 Å². The van der Waals surface area contributed by atoms with Gasteiger partial charge in [-0.2, -0.15) is 5.10 Å². The van der Waals surface area contributed by atoms with E-state index in [4.69, 9.17) is 5.11 Å². The molecule has 88 valence electrons. The van der Waals surface area contributed by atoms with E-state index in [2.05, 4.69) is 15.0 Å². The highest BCUT2D eigenvalue weighted by Gasteiger charge is 2.17. The summed E-state index contributed by atoms with van der Waals surface area (Å²) in [5.74, 6) is -0.163. The molecule has 2 aromatic heterocycles. The highest BCUT2D eigenvalue weighted by atomic mass is 16.4. The maximum atomic E-state index is 11.0. The highest BCUT2D eigenvalue weighted by Crippen LogP contribution is 2.19. The predicted octanol–water partition coefficient (Wildman–Crippen LogP) is 1.03. The second kappa shape index (κ2) is 3.73. The number of rotatable bonds is 2. The third-order valence-electron chi connectivity index (χ3n) is 3.01. The molecule has 6 nitrogen and oxygen atoms in total. The normalized spacial score (nSPS) is 15.6. The van der Waals surface area contributed by atoms with Gasteiger partial charge in [0.05, 0.1) is 6.20 Å². The van der Waals surface area contributed by atoms with Gasteiger partial charge in [-0.1, -0.05) is 0 Å². The minimum Gasteiger partial charge on any atom is -0.477 e. The number of carbonyl (C=O) groups is 1. The van der Waals surface area contributed by atoms with Crippen molar-refractivity contribution in [1.82, 2.24) is 14.6 Å². The van der Waals surface area contributed by atoms with Crippen LogP contribution in [0.2, 0.25) is 0 Å². The van der Waals surface area contributed by atoms with Crippen LogP contribution in [0.1, 0.15) is 23.2 Å². The molecule has 1 N–H and O–H groups in total. The number of anilines is 1. The van der Waals surface area contributed by atoms with Gasteiger partial charge < -0.3 is 10.0 Å². The van der Waals surface area contributed by atoms with E-state index < -0.39 is 5.97 Å². The van der Waals surface area contributed by atoms with Crippen molar-refractivity contribution in [3.63, 3.8) is 0 Å². The number of hydrogen-bond donors (Lipinski definition) is 1. The lowest BCUT2D eigenvalue weighted by atomic mass is 10.3. The van der Waals surface area contributed by atoms with Crippen LogP contribution in [-0.4, -0.2) is 38.8 Å². The van der Waals surface area contributed by atoms with Crippen LogP contribution in [0.4, 0.5) is 5.82 Å². The van der Waals surface area contributed by atoms with Crippen molar-refractivity contribution in [3.8, 4) is 0 Å². The third kappa shape index (κ3) is 1.61. The van der Waals surface area contributed by atoms with Crippen molar-refractivity contribution in [2.45, 2.75) is 12.8 Å². The molecule has 0 saturated carbocycles. The molecule has 0 amide bonds. The summed E-state index contributed by atoms with van der Waals surface area (Å²) in [4.78, 5) is 17.6. The first-order valence-electron chi connectivity index (χ1n) is 5.58. The standard InChI is InChI=1S/C11H12N4O2/c16-11(17)8-7-12-15-6-3-9(13-10(8)15)14-4-1-2-5-14/h3,6-7H,1-2,4-5H2,(H,16,17). The molecule has 0 bridgehead atoms. The van der Waals surface area contributed by atoms with Gasteiger partial charge in [-0.25, -0.2) is 14.3 Å². The minimum atomic E-state index is -0.994. The Morgan fingerprint density at radius 1 is 1.35 bits per heavy atom. The lowest BCUT2D eigenvalue weighted by Gasteiger charge is -2.15. The predicted molar refractivity (Wildman–Crippen MR) is 61.4 cm³/mol. The Kier molecular flexibility index (Phi) is 2.21. The summed E-state index contributed by atoms with van der Waals surface area (Å²) >= 11 is 0. The Bertz CT molecular complexity index is 572. The lowest BCUT2D eigenvalue weighted by molar-refractivity contribution is 0.0699. The number of carboxylic acids is 1. The Labute approximate surface area is 97.5 Å². The molecule has 1 fully saturated rings. The summed E-state index contributed by atoms with van der Waals surface area (Å²) in [5.41, 5.74) is 0.549. The van der Waals surface area contributed by atoms with Crippen LogP contribution in [0.5, 0.6) is 0 Å². The van der Waals surface area contributed by atoms with Gasteiger partial charge in [0, 0.05) is 19.3 Å². The first-order valence-corrected chi connectivity index (χ1v) is 5.58. The van der Waals surface area contributed by atoms with Crippen molar-refractivity contribution in [1.29, 1.82) is 0 Å². The van der Waals surface area contributed by atoms with Crippen molar-refractivity contribution in [3.05, 3.63) is 24.0 Å². The van der Waals surface area contributed by atoms with Crippen LogP contribution in [0.25, 0.3) is 5.65 Å². The molecule has 1 aliphatic rings. The topological polar surface area (TPSA) is 70.7 Å². The summed E-state index contributed by atoms with van der Waals surface area (Å²) in [6, 6.07) is 1.87. The number of nitrogens with zero attached hydrogens (tertiary/aromatic N) is 4. The number of fused-ring (bicyclic) bond motifs is 1. The van der Waals surface area contributed by atoms with Crippen LogP contribution >= 0.6 is 0 Å². The van der Waals surface area contributed by atoms with E-state index in [0.29, 0.717) is 5.65 Å². The van der Waals surface area contributed by atoms with E-state index in [0.717, 1.165) is 31.7 Å². The summed E-state index contributed by atoms with van der Waals surface area (Å²) in [6.45, 7) is 1.97. The Morgan fingerprint density at radius 2 is 2.12 bits per heavy atom. The second-order valence-electron chi connectivity index (χ2n) is 4.11. The van der Waals surface area contributed by atoms with Crippen molar-refractivity contribution < 1.29 is 9.90 Å². The monoisotopic (exact) mass is 232 g/mol. The van der Waals surface area contributed by atoms with Crippen LogP contribution < -0.4 is 4.90 Å². The lowest BCUT2D eigenvalue weighted by Crippen LogP contribution is -2.19. The molecule has 1 saturated heterocycles. The van der Waals surface area contributed by atoms with Gasteiger partial charge in [-0.3, -0.25) is 0 Å². The quantitative estimate of drug-likeness (QED) is 0.837. The van der Waals surface area contributed by atoms with E-state index in [-0.39, 0.29) is 5.56 Å². The maximum absolute atomic E-state index is 11.0. The molecular weight excluding hydrogens is 220 g/mol. The fourth-order valence-electron chi connectivity index (χ4n) is 2.13. The molecule has 0 aromatic carbocycles. The Morgan fingerprint density at radius 3 is 2.82 bits per heavy atom. The van der Waals surface area contributed by atoms with E-state index >= 15 is 0 Å². The van der Waals surface area contributed by atoms with Crippen molar-refractivity contribution in [2.75, 3.05) is 18.0 Å². The van der Waals surface area contributed by atoms with E-state index in [1.54, 1.807) is 6.20 Å². The average molecular weight is 232 g/mol. The number of carboxylic acid groups (broad SMARTS) is 1. The summed E-state index contributed by atoms with van der Waals surface area (Å²) in [7, 11) is 0. The Balaban J connectivity index is 2.09. The molecule has 0 aliphatic carbocycles. The molecule has 2 aromatic rings. The molecule has 0 spiro atoms. The van der Waals surface area contributed by atoms with Gasteiger partial charge in [-0.05, 0) is 18.9 Å². The van der Waals surface area contributed by atoms with E-state index in [9.17, 15) is 4.79 Å². The molecule has 17 heavy (non-hydrogen) atoms. The molecule has 6 heteroatoms. The highest BCUT2D eigenvalue weighted by molar-refractivity contribution is 5.94. The smallest absolute Gasteiger partial charge is 0.341 e. The van der Waals surface area contributed by atoms with Crippen molar-refractivity contribution in [2.24, 2.45) is 0 Å². The molecule has 3 rings (SSSR count). The van der Waals surface area contributed by atoms with E-state index in [1.807, 2.05) is 6.07 Å². The maximum Gasteiger partial charge on any atom is 0.341 e. The molecular formula is C11H12N4O2. The van der Waals surface area contributed by atoms with Crippen LogP contribution in [0.3, 0.4) is 0 Å². The number of hydrogen-bond acceptors (Lipinski definition) is 4. The van der Waals surface area contributed by atoms with Crippen LogP contribution in [-0.2, 0) is 0 Å². The molecule has 1 aliphatic heterocycles. The molecule has 0 atom stereocenters. The fourth-order valence-corrected chi connectivity index (χ4v) is 2.13. The fraction of sp³-hybridized carbons (Fsp3) is 0.364. The zero-order valence-corrected chi connectivity index (χ0v) is 9.20. The zero-order chi connectivity index (χ0) is 11.8. The zero-order valence-electron chi connectivity index (χ0n) is 9.20. The largest absolute Gasteiger partial charge is 0.477 e. The summed E-state index contributed by atoms with van der Waals surface area (Å²) in [5, 5.41) is 13.0. The van der Waals surface area contributed by atoms with E-state index in [1.165, 1.54) is 10.7 Å². The average Bonchev–Trinajstić information content (AvgIpc) is 2.97. The summed E-state index contributed by atoms with van der Waals surface area (Å²) in [6.07, 6.45) is 5.41. The van der Waals surface area contributed by atoms with Gasteiger partial charge >= 0.3 is 5.97 Å². The van der Waals surface area contributed by atoms with Gasteiger partial charge in [0.2, 0.25) is 0 Å². The number of aromatic nitrogens is 3. The molecule has 0 unspecified atom stereocenters. The SMILES string of the molecule is O=C(O)c1cnn2ccc(N3CCCC3)nc12. The number of aromatic carboxylic acids is 1. The van der Waals surface area contributed by atoms with Crippen LogP contribution in [0.15, 0.2) is 18.5 Å². The molecule has 0 radical (unpaired) electrons. The Hall–Kier alpha value is -2.11. The first-order chi connectivity index (χ1) is 8.25. The first kappa shape index (κ1) is 10.1. The van der Waals surface area contributed by atoms with Gasteiger partial charge in [0.1, 0.15) is 11.4 Å². The summed E-state index contributed by atoms with van der Waals surface area (Å²) < 4.78 is 1.49. The van der Waals surface area contributed by atoms with Crippen LogP contribution in [0, 0.1) is 0 Å². The third-order valence-corrected chi connectivity index (χ3v) is 3.01. The van der Waals surface area contributed by atoms with Gasteiger partial charge in [0.25, 0.3) is 0 Å². The minimum absolute atomic E-state index is 0.144. The van der Waals surface area contributed by atoms with Gasteiger partial charge in [0.15, 0.2) is 5.65 Å². The molecule has 3 heterocycles. The van der Waals surface area contributed by atoms with Crippen molar-refractivity contribution >= 4 is 17.4 Å².